The van der Waals surface area contributed by atoms with Gasteiger partial charge in [0, 0.05) is 16.5 Å². The second kappa shape index (κ2) is 6.84. The summed E-state index contributed by atoms with van der Waals surface area (Å²) in [6.07, 6.45) is 0.577. The van der Waals surface area contributed by atoms with Crippen LogP contribution in [0.25, 0.3) is 0 Å². The second-order valence-electron chi connectivity index (χ2n) is 5.82. The van der Waals surface area contributed by atoms with Gasteiger partial charge in [0.25, 0.3) is 0 Å². The molecule has 3 nitrogen and oxygen atoms in total. The van der Waals surface area contributed by atoms with Crippen molar-refractivity contribution in [2.24, 2.45) is 0 Å². The third-order valence-corrected chi connectivity index (χ3v) is 3.65. The summed E-state index contributed by atoms with van der Waals surface area (Å²) in [6, 6.07) is 7.69. The van der Waals surface area contributed by atoms with Gasteiger partial charge in [-0.2, -0.15) is 0 Å². The molecule has 0 amide bonds. The molecular formula is C15H23BrO3. The summed E-state index contributed by atoms with van der Waals surface area (Å²) in [7, 11) is 0. The van der Waals surface area contributed by atoms with Gasteiger partial charge < -0.3 is 14.9 Å². The highest BCUT2D eigenvalue weighted by molar-refractivity contribution is 9.10. The van der Waals surface area contributed by atoms with E-state index >= 15 is 0 Å². The average Bonchev–Trinajstić information content (AvgIpc) is 2.34. The van der Waals surface area contributed by atoms with Crippen LogP contribution in [0.2, 0.25) is 0 Å². The van der Waals surface area contributed by atoms with Gasteiger partial charge in [-0.05, 0) is 44.9 Å². The van der Waals surface area contributed by atoms with Crippen LogP contribution in [0.1, 0.15) is 32.8 Å². The van der Waals surface area contributed by atoms with Crippen molar-refractivity contribution in [2.75, 3.05) is 19.8 Å². The summed E-state index contributed by atoms with van der Waals surface area (Å²) in [5.74, 6) is 0. The summed E-state index contributed by atoms with van der Waals surface area (Å²) >= 11 is 3.42. The first-order valence-electron chi connectivity index (χ1n) is 6.45. The lowest BCUT2D eigenvalue weighted by Gasteiger charge is -2.32. The minimum absolute atomic E-state index is 0.104. The van der Waals surface area contributed by atoms with Crippen LogP contribution in [0.3, 0.4) is 0 Å². The number of aliphatic hydroxyl groups is 2. The molecule has 108 valence electrons. The van der Waals surface area contributed by atoms with E-state index in [1.165, 1.54) is 0 Å². The molecule has 4 heteroatoms. The molecule has 0 radical (unpaired) electrons. The fourth-order valence-corrected chi connectivity index (χ4v) is 2.31. The van der Waals surface area contributed by atoms with Crippen molar-refractivity contribution >= 4 is 15.9 Å². The first kappa shape index (κ1) is 16.6. The smallest absolute Gasteiger partial charge is 0.0598 e. The second-order valence-corrected chi connectivity index (χ2v) is 6.73. The van der Waals surface area contributed by atoms with Crippen LogP contribution in [-0.4, -0.2) is 35.6 Å². The Bertz CT molecular complexity index is 395. The number of benzene rings is 1. The number of rotatable bonds is 6. The topological polar surface area (TPSA) is 49.7 Å². The number of hydrogen-bond acceptors (Lipinski definition) is 3. The number of aliphatic hydroxyl groups excluding tert-OH is 2. The molecule has 1 rings (SSSR count). The van der Waals surface area contributed by atoms with E-state index in [1.807, 2.05) is 45.0 Å². The minimum Gasteiger partial charge on any atom is -0.395 e. The standard InChI is InChI=1S/C15H23BrO3/c1-14(2,3)19-8-7-15(10-17,11-18)12-5-4-6-13(16)9-12/h4-6,9,17-18H,7-8,10-11H2,1-3H3. The van der Waals surface area contributed by atoms with Crippen molar-refractivity contribution in [1.29, 1.82) is 0 Å². The molecule has 0 aliphatic rings. The molecule has 0 aliphatic heterocycles. The van der Waals surface area contributed by atoms with Crippen LogP contribution in [0.15, 0.2) is 28.7 Å². The molecular weight excluding hydrogens is 308 g/mol. The van der Waals surface area contributed by atoms with Crippen molar-refractivity contribution in [2.45, 2.75) is 38.2 Å². The lowest BCUT2D eigenvalue weighted by atomic mass is 9.79. The number of ether oxygens (including phenoxy) is 1. The molecule has 1 aromatic carbocycles. The van der Waals surface area contributed by atoms with E-state index in [1.54, 1.807) is 0 Å². The molecule has 1 aromatic rings. The summed E-state index contributed by atoms with van der Waals surface area (Å²) in [5.41, 5.74) is 0.0487. The van der Waals surface area contributed by atoms with Crippen molar-refractivity contribution in [3.63, 3.8) is 0 Å². The van der Waals surface area contributed by atoms with Gasteiger partial charge in [-0.3, -0.25) is 0 Å². The van der Waals surface area contributed by atoms with Crippen LogP contribution in [0.4, 0.5) is 0 Å². The van der Waals surface area contributed by atoms with Gasteiger partial charge in [-0.25, -0.2) is 0 Å². The van der Waals surface area contributed by atoms with Gasteiger partial charge >= 0.3 is 0 Å². The van der Waals surface area contributed by atoms with E-state index in [4.69, 9.17) is 4.74 Å². The van der Waals surface area contributed by atoms with E-state index < -0.39 is 5.41 Å². The largest absolute Gasteiger partial charge is 0.395 e. The molecule has 0 atom stereocenters. The van der Waals surface area contributed by atoms with Gasteiger partial charge in [-0.1, -0.05) is 28.1 Å². The van der Waals surface area contributed by atoms with Crippen LogP contribution in [-0.2, 0) is 10.2 Å². The van der Waals surface area contributed by atoms with Gasteiger partial charge in [0.1, 0.15) is 0 Å². The van der Waals surface area contributed by atoms with E-state index in [0.717, 1.165) is 10.0 Å². The molecule has 2 N–H and O–H groups in total. The van der Waals surface area contributed by atoms with Crippen molar-refractivity contribution in [3.8, 4) is 0 Å². The van der Waals surface area contributed by atoms with E-state index in [-0.39, 0.29) is 18.8 Å². The Morgan fingerprint density at radius 3 is 2.26 bits per heavy atom. The SMILES string of the molecule is CC(C)(C)OCCC(CO)(CO)c1cccc(Br)c1. The van der Waals surface area contributed by atoms with Gasteiger partial charge in [0.2, 0.25) is 0 Å². The predicted molar refractivity (Wildman–Crippen MR) is 80.3 cm³/mol. The average molecular weight is 331 g/mol. The van der Waals surface area contributed by atoms with E-state index in [9.17, 15) is 10.2 Å². The Hall–Kier alpha value is -0.420. The fraction of sp³-hybridized carbons (Fsp3) is 0.600. The Morgan fingerprint density at radius 1 is 1.16 bits per heavy atom. The van der Waals surface area contributed by atoms with Crippen molar-refractivity contribution in [3.05, 3.63) is 34.3 Å². The Labute approximate surface area is 123 Å². The molecule has 0 bridgehead atoms. The van der Waals surface area contributed by atoms with E-state index in [2.05, 4.69) is 15.9 Å². The van der Waals surface area contributed by atoms with Crippen LogP contribution in [0, 0.1) is 0 Å². The van der Waals surface area contributed by atoms with E-state index in [0.29, 0.717) is 13.0 Å². The van der Waals surface area contributed by atoms with Crippen LogP contribution in [0.5, 0.6) is 0 Å². The van der Waals surface area contributed by atoms with Gasteiger partial charge in [0.05, 0.1) is 18.8 Å². The lowest BCUT2D eigenvalue weighted by molar-refractivity contribution is -0.0219. The molecule has 0 aliphatic carbocycles. The quantitative estimate of drug-likeness (QED) is 0.843. The zero-order valence-electron chi connectivity index (χ0n) is 11.8. The molecule has 0 aromatic heterocycles. The molecule has 19 heavy (non-hydrogen) atoms. The summed E-state index contributed by atoms with van der Waals surface area (Å²) in [4.78, 5) is 0. The first-order chi connectivity index (χ1) is 8.83. The summed E-state index contributed by atoms with van der Waals surface area (Å²) < 4.78 is 6.64. The minimum atomic E-state index is -0.658. The summed E-state index contributed by atoms with van der Waals surface area (Å²) in [5, 5.41) is 19.4. The molecule has 0 saturated heterocycles. The summed E-state index contributed by atoms with van der Waals surface area (Å²) in [6.45, 7) is 6.26. The maximum atomic E-state index is 9.72. The molecule has 0 heterocycles. The Kier molecular flexibility index (Phi) is 5.99. The number of halogens is 1. The lowest BCUT2D eigenvalue weighted by Crippen LogP contribution is -2.37. The number of hydrogen-bond donors (Lipinski definition) is 2. The highest BCUT2D eigenvalue weighted by atomic mass is 79.9. The third kappa shape index (κ3) is 4.88. The molecule has 0 spiro atoms. The molecule has 0 unspecified atom stereocenters. The van der Waals surface area contributed by atoms with Gasteiger partial charge in [0.15, 0.2) is 0 Å². The van der Waals surface area contributed by atoms with Gasteiger partial charge in [-0.15, -0.1) is 0 Å². The third-order valence-electron chi connectivity index (χ3n) is 3.16. The normalized spacial score (nSPS) is 12.7. The van der Waals surface area contributed by atoms with Crippen LogP contribution >= 0.6 is 15.9 Å². The Morgan fingerprint density at radius 2 is 1.79 bits per heavy atom. The van der Waals surface area contributed by atoms with Crippen molar-refractivity contribution in [1.82, 2.24) is 0 Å². The molecule has 0 saturated carbocycles. The van der Waals surface area contributed by atoms with Crippen molar-refractivity contribution < 1.29 is 14.9 Å². The molecule has 0 fully saturated rings. The maximum Gasteiger partial charge on any atom is 0.0598 e. The predicted octanol–water partition coefficient (Wildman–Crippen LogP) is 2.88. The van der Waals surface area contributed by atoms with Crippen LogP contribution < -0.4 is 0 Å². The zero-order valence-corrected chi connectivity index (χ0v) is 13.4. The first-order valence-corrected chi connectivity index (χ1v) is 7.24. The monoisotopic (exact) mass is 330 g/mol. The fourth-order valence-electron chi connectivity index (χ4n) is 1.91. The zero-order chi connectivity index (χ0) is 14.5. The highest BCUT2D eigenvalue weighted by Gasteiger charge is 2.31. The highest BCUT2D eigenvalue weighted by Crippen LogP contribution is 2.30. The Balaban J connectivity index is 2.85. The maximum absolute atomic E-state index is 9.72.